The molecule has 0 bridgehead atoms. The van der Waals surface area contributed by atoms with Gasteiger partial charge in [0.1, 0.15) is 0 Å². The number of benzene rings is 1. The number of hydrogen-bond donors (Lipinski definition) is 2. The van der Waals surface area contributed by atoms with Gasteiger partial charge in [-0.3, -0.25) is 4.79 Å². The highest BCUT2D eigenvalue weighted by Crippen LogP contribution is 2.17. The third-order valence-corrected chi connectivity index (χ3v) is 2.69. The first-order valence-electron chi connectivity index (χ1n) is 6.53. The first kappa shape index (κ1) is 15.3. The van der Waals surface area contributed by atoms with E-state index in [1.54, 1.807) is 7.11 Å². The summed E-state index contributed by atoms with van der Waals surface area (Å²) in [7, 11) is 1.61. The molecule has 106 valence electrons. The highest BCUT2D eigenvalue weighted by atomic mass is 16.5. The molecule has 0 aromatic heterocycles. The van der Waals surface area contributed by atoms with Crippen LogP contribution < -0.4 is 16.0 Å². The molecule has 1 rings (SSSR count). The molecule has 0 spiro atoms. The minimum atomic E-state index is -0.00655. The number of nitrogens with zero attached hydrogens (tertiary/aromatic N) is 1. The van der Waals surface area contributed by atoms with Gasteiger partial charge in [-0.15, -0.1) is 0 Å². The maximum atomic E-state index is 11.8. The molecule has 0 unspecified atom stereocenters. The standard InChI is InChI=1S/C14H23N3O2/c1-3-8-17(11-14(18)16-7-9-19-2)13-6-4-5-12(15)10-13/h4-6,10H,3,7-9,11,15H2,1-2H3,(H,16,18). The Hall–Kier alpha value is -1.75. The van der Waals surface area contributed by atoms with Gasteiger partial charge in [0.15, 0.2) is 0 Å². The number of rotatable bonds is 8. The van der Waals surface area contributed by atoms with E-state index >= 15 is 0 Å². The molecule has 0 fully saturated rings. The van der Waals surface area contributed by atoms with Gasteiger partial charge in [-0.1, -0.05) is 13.0 Å². The summed E-state index contributed by atoms with van der Waals surface area (Å²) in [6, 6.07) is 7.59. The van der Waals surface area contributed by atoms with E-state index in [0.717, 1.165) is 18.7 Å². The second kappa shape index (κ2) is 8.37. The van der Waals surface area contributed by atoms with Crippen molar-refractivity contribution in [2.45, 2.75) is 13.3 Å². The summed E-state index contributed by atoms with van der Waals surface area (Å²) in [6.45, 7) is 4.30. The smallest absolute Gasteiger partial charge is 0.239 e. The summed E-state index contributed by atoms with van der Waals surface area (Å²) in [5.41, 5.74) is 7.46. The Morgan fingerprint density at radius 2 is 2.26 bits per heavy atom. The molecule has 0 radical (unpaired) electrons. The lowest BCUT2D eigenvalue weighted by atomic mass is 10.2. The Balaban J connectivity index is 2.60. The molecule has 5 nitrogen and oxygen atoms in total. The number of anilines is 2. The molecule has 0 aliphatic carbocycles. The van der Waals surface area contributed by atoms with Gasteiger partial charge < -0.3 is 20.7 Å². The lowest BCUT2D eigenvalue weighted by Crippen LogP contribution is -2.38. The average molecular weight is 265 g/mol. The van der Waals surface area contributed by atoms with Crippen molar-refractivity contribution in [3.63, 3.8) is 0 Å². The molecule has 0 aliphatic heterocycles. The molecule has 19 heavy (non-hydrogen) atoms. The van der Waals surface area contributed by atoms with Crippen LogP contribution >= 0.6 is 0 Å². The van der Waals surface area contributed by atoms with Crippen molar-refractivity contribution in [2.24, 2.45) is 0 Å². The Morgan fingerprint density at radius 1 is 1.47 bits per heavy atom. The van der Waals surface area contributed by atoms with Crippen LogP contribution in [-0.4, -0.2) is 39.3 Å². The Morgan fingerprint density at radius 3 is 2.89 bits per heavy atom. The fraction of sp³-hybridized carbons (Fsp3) is 0.500. The van der Waals surface area contributed by atoms with E-state index in [2.05, 4.69) is 12.2 Å². The van der Waals surface area contributed by atoms with E-state index in [-0.39, 0.29) is 5.91 Å². The molecule has 1 aromatic rings. The van der Waals surface area contributed by atoms with Gasteiger partial charge in [-0.2, -0.15) is 0 Å². The summed E-state index contributed by atoms with van der Waals surface area (Å²) in [6.07, 6.45) is 0.972. The minimum Gasteiger partial charge on any atom is -0.399 e. The molecular weight excluding hydrogens is 242 g/mol. The topological polar surface area (TPSA) is 67.6 Å². The number of carbonyl (C=O) groups excluding carboxylic acids is 1. The second-order valence-corrected chi connectivity index (χ2v) is 4.36. The second-order valence-electron chi connectivity index (χ2n) is 4.36. The zero-order chi connectivity index (χ0) is 14.1. The van der Waals surface area contributed by atoms with Crippen molar-refractivity contribution in [1.82, 2.24) is 5.32 Å². The van der Waals surface area contributed by atoms with Gasteiger partial charge in [0.2, 0.25) is 5.91 Å². The third-order valence-electron chi connectivity index (χ3n) is 2.69. The zero-order valence-electron chi connectivity index (χ0n) is 11.7. The molecule has 0 aliphatic rings. The molecule has 1 amide bonds. The first-order chi connectivity index (χ1) is 9.17. The summed E-state index contributed by atoms with van der Waals surface area (Å²) in [5.74, 6) is -0.00655. The molecule has 5 heteroatoms. The predicted molar refractivity (Wildman–Crippen MR) is 78.2 cm³/mol. The van der Waals surface area contributed by atoms with Gasteiger partial charge in [-0.25, -0.2) is 0 Å². The number of methoxy groups -OCH3 is 1. The van der Waals surface area contributed by atoms with Gasteiger partial charge in [0.05, 0.1) is 13.2 Å². The third kappa shape index (κ3) is 5.61. The number of ether oxygens (including phenoxy) is 1. The summed E-state index contributed by atoms with van der Waals surface area (Å²) in [4.78, 5) is 13.8. The van der Waals surface area contributed by atoms with Crippen molar-refractivity contribution in [2.75, 3.05) is 44.0 Å². The monoisotopic (exact) mass is 265 g/mol. The van der Waals surface area contributed by atoms with Crippen LogP contribution in [0.3, 0.4) is 0 Å². The maximum absolute atomic E-state index is 11.8. The number of nitrogens with two attached hydrogens (primary N) is 1. The van der Waals surface area contributed by atoms with E-state index in [0.29, 0.717) is 25.4 Å². The van der Waals surface area contributed by atoms with E-state index in [1.807, 2.05) is 29.2 Å². The van der Waals surface area contributed by atoms with Gasteiger partial charge in [-0.05, 0) is 24.6 Å². The quantitative estimate of drug-likeness (QED) is 0.548. The highest BCUT2D eigenvalue weighted by molar-refractivity contribution is 5.81. The van der Waals surface area contributed by atoms with E-state index in [4.69, 9.17) is 10.5 Å². The molecule has 0 saturated heterocycles. The fourth-order valence-electron chi connectivity index (χ4n) is 1.81. The number of carbonyl (C=O) groups is 1. The lowest BCUT2D eigenvalue weighted by Gasteiger charge is -2.24. The van der Waals surface area contributed by atoms with Crippen LogP contribution in [0, 0.1) is 0 Å². The van der Waals surface area contributed by atoms with Gasteiger partial charge in [0.25, 0.3) is 0 Å². The Bertz CT molecular complexity index is 396. The van der Waals surface area contributed by atoms with Crippen LogP contribution in [-0.2, 0) is 9.53 Å². The number of nitrogens with one attached hydrogen (secondary N) is 1. The zero-order valence-corrected chi connectivity index (χ0v) is 11.7. The van der Waals surface area contributed by atoms with Crippen molar-refractivity contribution >= 4 is 17.3 Å². The summed E-state index contributed by atoms with van der Waals surface area (Å²) < 4.78 is 4.90. The maximum Gasteiger partial charge on any atom is 0.239 e. The Kier molecular flexibility index (Phi) is 6.74. The van der Waals surface area contributed by atoms with Crippen LogP contribution in [0.25, 0.3) is 0 Å². The van der Waals surface area contributed by atoms with E-state index in [9.17, 15) is 4.79 Å². The van der Waals surface area contributed by atoms with Crippen molar-refractivity contribution in [3.8, 4) is 0 Å². The number of amides is 1. The number of nitrogen functional groups attached to an aromatic ring is 1. The molecule has 3 N–H and O–H groups in total. The van der Waals surface area contributed by atoms with Crippen molar-refractivity contribution in [3.05, 3.63) is 24.3 Å². The molecule has 0 saturated carbocycles. The van der Waals surface area contributed by atoms with Crippen LogP contribution in [0.15, 0.2) is 24.3 Å². The van der Waals surface area contributed by atoms with Crippen molar-refractivity contribution in [1.29, 1.82) is 0 Å². The SMILES string of the molecule is CCCN(CC(=O)NCCOC)c1cccc(N)c1. The van der Waals surface area contributed by atoms with E-state index < -0.39 is 0 Å². The molecule has 1 aromatic carbocycles. The minimum absolute atomic E-state index is 0.00655. The average Bonchev–Trinajstić information content (AvgIpc) is 2.38. The predicted octanol–water partition coefficient (Wildman–Crippen LogP) is 1.25. The van der Waals surface area contributed by atoms with Gasteiger partial charge >= 0.3 is 0 Å². The summed E-state index contributed by atoms with van der Waals surface area (Å²) in [5, 5.41) is 2.82. The largest absolute Gasteiger partial charge is 0.399 e. The molecule has 0 atom stereocenters. The lowest BCUT2D eigenvalue weighted by molar-refractivity contribution is -0.119. The molecular formula is C14H23N3O2. The fourth-order valence-corrected chi connectivity index (χ4v) is 1.81. The molecule has 0 heterocycles. The van der Waals surface area contributed by atoms with Gasteiger partial charge in [0, 0.05) is 31.6 Å². The summed E-state index contributed by atoms with van der Waals surface area (Å²) >= 11 is 0. The highest BCUT2D eigenvalue weighted by Gasteiger charge is 2.10. The van der Waals surface area contributed by atoms with Crippen LogP contribution in [0.5, 0.6) is 0 Å². The van der Waals surface area contributed by atoms with Crippen LogP contribution in [0.1, 0.15) is 13.3 Å². The van der Waals surface area contributed by atoms with Crippen LogP contribution in [0.2, 0.25) is 0 Å². The Labute approximate surface area is 114 Å². The number of hydrogen-bond acceptors (Lipinski definition) is 4. The van der Waals surface area contributed by atoms with Crippen LogP contribution in [0.4, 0.5) is 11.4 Å². The van der Waals surface area contributed by atoms with E-state index in [1.165, 1.54) is 0 Å². The normalized spacial score (nSPS) is 10.2. The van der Waals surface area contributed by atoms with Crippen molar-refractivity contribution < 1.29 is 9.53 Å². The first-order valence-corrected chi connectivity index (χ1v) is 6.53.